The van der Waals surface area contributed by atoms with E-state index in [9.17, 15) is 14.4 Å². The van der Waals surface area contributed by atoms with Gasteiger partial charge in [0.2, 0.25) is 5.91 Å². The van der Waals surface area contributed by atoms with Gasteiger partial charge in [-0.15, -0.1) is 0 Å². The van der Waals surface area contributed by atoms with Crippen LogP contribution in [0.3, 0.4) is 0 Å². The van der Waals surface area contributed by atoms with E-state index in [1.54, 1.807) is 22.9 Å². The molecule has 1 fully saturated rings. The summed E-state index contributed by atoms with van der Waals surface area (Å²) < 4.78 is 18.7. The van der Waals surface area contributed by atoms with Crippen molar-refractivity contribution < 1.29 is 28.6 Å². The van der Waals surface area contributed by atoms with Crippen molar-refractivity contribution in [1.29, 1.82) is 0 Å². The number of nitrogen functional groups attached to an aromatic ring is 1. The number of hydrogen-bond donors (Lipinski definition) is 4. The molecule has 6 N–H and O–H groups in total. The number of aromatic nitrogens is 2. The molecule has 0 aliphatic carbocycles. The maximum atomic E-state index is 13.2. The fourth-order valence-electron chi connectivity index (χ4n) is 5.48. The molecule has 3 aromatic rings. The third kappa shape index (κ3) is 10.4. The number of rotatable bonds is 19. The zero-order valence-electron chi connectivity index (χ0n) is 29.4. The van der Waals surface area contributed by atoms with Gasteiger partial charge in [0.05, 0.1) is 44.1 Å². The Labute approximate surface area is 297 Å². The average Bonchev–Trinajstić information content (AvgIpc) is 3.53. The second-order valence-corrected chi connectivity index (χ2v) is 11.6. The Kier molecular flexibility index (Phi) is 14.1. The first-order chi connectivity index (χ1) is 24.7. The molecule has 0 radical (unpaired) electrons. The van der Waals surface area contributed by atoms with Crippen LogP contribution in [0.4, 0.5) is 22.7 Å². The highest BCUT2D eigenvalue weighted by Crippen LogP contribution is 2.39. The SMILES string of the molecule is C=Nc1cc(C(N)=O)cc(OC)c1N(C/C=C/CNc1c(N)cc(C=O)cc1OC/C=C\CN1CCOCC1)CNC(=O)c1cc(C)nn1CC. The minimum Gasteiger partial charge on any atom is -0.494 e. The van der Waals surface area contributed by atoms with Crippen LogP contribution in [0.5, 0.6) is 11.5 Å². The van der Waals surface area contributed by atoms with Gasteiger partial charge in [-0.2, -0.15) is 5.10 Å². The molecule has 0 unspecified atom stereocenters. The first-order valence-electron chi connectivity index (χ1n) is 16.6. The van der Waals surface area contributed by atoms with Crippen LogP contribution in [-0.2, 0) is 11.3 Å². The highest BCUT2D eigenvalue weighted by Gasteiger charge is 2.21. The number of methoxy groups -OCH3 is 1. The smallest absolute Gasteiger partial charge is 0.270 e. The molecule has 1 aliphatic rings. The molecule has 0 spiro atoms. The van der Waals surface area contributed by atoms with Crippen LogP contribution in [0.15, 0.2) is 59.6 Å². The summed E-state index contributed by atoms with van der Waals surface area (Å²) in [7, 11) is 1.47. The van der Waals surface area contributed by atoms with Crippen molar-refractivity contribution in [2.24, 2.45) is 10.7 Å². The van der Waals surface area contributed by atoms with Crippen molar-refractivity contribution in [3.8, 4) is 11.5 Å². The third-order valence-electron chi connectivity index (χ3n) is 8.06. The Hall–Kier alpha value is -5.67. The normalized spacial score (nSPS) is 13.3. The van der Waals surface area contributed by atoms with Crippen LogP contribution >= 0.6 is 0 Å². The number of morpholine rings is 1. The first kappa shape index (κ1) is 38.1. The van der Waals surface area contributed by atoms with E-state index in [1.165, 1.54) is 19.2 Å². The number of nitrogens with zero attached hydrogens (tertiary/aromatic N) is 5. The van der Waals surface area contributed by atoms with E-state index >= 15 is 0 Å². The van der Waals surface area contributed by atoms with Gasteiger partial charge in [-0.25, -0.2) is 0 Å². The number of primary amides is 1. The molecule has 0 atom stereocenters. The van der Waals surface area contributed by atoms with E-state index in [0.717, 1.165) is 44.8 Å². The second-order valence-electron chi connectivity index (χ2n) is 11.6. The summed E-state index contributed by atoms with van der Waals surface area (Å²) in [6.07, 6.45) is 8.48. The standard InChI is InChI=1S/C36H47N9O6/c1-5-45-30(18-25(2)42-45)36(48)41-24-44(34-29(39-3)21-27(35(38)47)22-32(34)49-4)12-7-6-10-40-33-28(37)19-26(23-46)20-31(33)51-15-9-8-11-43-13-16-50-17-14-43/h6-9,18-23,40H,3,5,10-17,24,37H2,1-2,4H3,(H2,38,47)(H,41,48)/b7-6+,9-8-. The maximum Gasteiger partial charge on any atom is 0.270 e. The summed E-state index contributed by atoms with van der Waals surface area (Å²) in [5.74, 6) is -0.181. The summed E-state index contributed by atoms with van der Waals surface area (Å²) >= 11 is 0. The maximum absolute atomic E-state index is 13.2. The van der Waals surface area contributed by atoms with E-state index in [1.807, 2.05) is 43.1 Å². The molecule has 1 aromatic heterocycles. The first-order valence-corrected chi connectivity index (χ1v) is 16.6. The van der Waals surface area contributed by atoms with Crippen LogP contribution in [0.1, 0.15) is 43.8 Å². The van der Waals surface area contributed by atoms with E-state index in [-0.39, 0.29) is 18.1 Å². The van der Waals surface area contributed by atoms with Gasteiger partial charge in [-0.05, 0) is 50.9 Å². The number of aliphatic imine (C=N–C) groups is 1. The van der Waals surface area contributed by atoms with Gasteiger partial charge in [0.25, 0.3) is 5.91 Å². The zero-order chi connectivity index (χ0) is 36.8. The highest BCUT2D eigenvalue weighted by atomic mass is 16.5. The van der Waals surface area contributed by atoms with Gasteiger partial charge in [0.15, 0.2) is 0 Å². The molecular formula is C36H47N9O6. The predicted octanol–water partition coefficient (Wildman–Crippen LogP) is 3.18. The Morgan fingerprint density at radius 3 is 2.59 bits per heavy atom. The number of anilines is 3. The quantitative estimate of drug-likeness (QED) is 0.0472. The number of carbonyl (C=O) groups excluding carboxylic acids is 3. The van der Waals surface area contributed by atoms with Crippen LogP contribution < -0.4 is 36.5 Å². The predicted molar refractivity (Wildman–Crippen MR) is 199 cm³/mol. The van der Waals surface area contributed by atoms with Crippen molar-refractivity contribution in [3.05, 3.63) is 77.2 Å². The summed E-state index contributed by atoms with van der Waals surface area (Å²) in [5.41, 5.74) is 15.4. The molecule has 0 saturated carbocycles. The minimum absolute atomic E-state index is 0.0521. The molecule has 272 valence electrons. The van der Waals surface area contributed by atoms with Gasteiger partial charge in [-0.1, -0.05) is 24.3 Å². The molecule has 15 nitrogen and oxygen atoms in total. The van der Waals surface area contributed by atoms with Gasteiger partial charge in [0, 0.05) is 50.4 Å². The average molecular weight is 702 g/mol. The van der Waals surface area contributed by atoms with Crippen LogP contribution in [0.2, 0.25) is 0 Å². The molecule has 1 aliphatic heterocycles. The number of nitrogens with two attached hydrogens (primary N) is 2. The van der Waals surface area contributed by atoms with Crippen LogP contribution in [-0.4, -0.2) is 106 Å². The van der Waals surface area contributed by atoms with Gasteiger partial charge >= 0.3 is 0 Å². The fraction of sp³-hybridized carbons (Fsp3) is 0.361. The monoisotopic (exact) mass is 701 g/mol. The largest absolute Gasteiger partial charge is 0.494 e. The van der Waals surface area contributed by atoms with Crippen molar-refractivity contribution >= 4 is 47.6 Å². The van der Waals surface area contributed by atoms with E-state index in [4.69, 9.17) is 25.7 Å². The van der Waals surface area contributed by atoms with E-state index < -0.39 is 5.91 Å². The number of ether oxygens (including phenoxy) is 3. The molecule has 2 aromatic carbocycles. The minimum atomic E-state index is -0.647. The lowest BCUT2D eigenvalue weighted by molar-refractivity contribution is 0.0434. The fourth-order valence-corrected chi connectivity index (χ4v) is 5.48. The second kappa shape index (κ2) is 18.9. The van der Waals surface area contributed by atoms with Gasteiger partial charge < -0.3 is 41.2 Å². The lowest BCUT2D eigenvalue weighted by Crippen LogP contribution is -2.39. The third-order valence-corrected chi connectivity index (χ3v) is 8.06. The Bertz CT molecular complexity index is 1750. The van der Waals surface area contributed by atoms with E-state index in [2.05, 4.69) is 32.3 Å². The number of carbonyl (C=O) groups is 3. The molecule has 1 saturated heterocycles. The topological polar surface area (TPSA) is 192 Å². The number of aryl methyl sites for hydroxylation is 2. The van der Waals surface area contributed by atoms with Crippen molar-refractivity contribution in [2.75, 3.05) is 82.3 Å². The summed E-state index contributed by atoms with van der Waals surface area (Å²) in [6, 6.07) is 8.00. The molecule has 4 rings (SSSR count). The number of nitrogens with one attached hydrogen (secondary N) is 2. The molecule has 51 heavy (non-hydrogen) atoms. The lowest BCUT2D eigenvalue weighted by atomic mass is 10.1. The van der Waals surface area contributed by atoms with Crippen LogP contribution in [0.25, 0.3) is 0 Å². The molecule has 2 heterocycles. The number of hydrogen-bond acceptors (Lipinski definition) is 12. The summed E-state index contributed by atoms with van der Waals surface area (Å²) in [6.45, 7) is 13.0. The van der Waals surface area contributed by atoms with Crippen molar-refractivity contribution in [2.45, 2.75) is 20.4 Å². The highest BCUT2D eigenvalue weighted by molar-refractivity contribution is 5.97. The van der Waals surface area contributed by atoms with Crippen molar-refractivity contribution in [1.82, 2.24) is 20.0 Å². The Balaban J connectivity index is 1.49. The zero-order valence-corrected chi connectivity index (χ0v) is 29.4. The lowest BCUT2D eigenvalue weighted by Gasteiger charge is -2.27. The summed E-state index contributed by atoms with van der Waals surface area (Å²) in [4.78, 5) is 45.1. The number of amides is 2. The van der Waals surface area contributed by atoms with Crippen LogP contribution in [0, 0.1) is 6.92 Å². The Morgan fingerprint density at radius 1 is 1.12 bits per heavy atom. The number of benzene rings is 2. The van der Waals surface area contributed by atoms with E-state index in [0.29, 0.717) is 71.7 Å². The molecule has 15 heteroatoms. The number of aldehydes is 1. The molecular weight excluding hydrogens is 654 g/mol. The molecule has 2 amide bonds. The summed E-state index contributed by atoms with van der Waals surface area (Å²) in [5, 5.41) is 10.6. The molecule has 0 bridgehead atoms. The Morgan fingerprint density at radius 2 is 1.90 bits per heavy atom. The van der Waals surface area contributed by atoms with Gasteiger partial charge in [-0.3, -0.25) is 29.0 Å². The van der Waals surface area contributed by atoms with Crippen molar-refractivity contribution in [3.63, 3.8) is 0 Å². The van der Waals surface area contributed by atoms with Gasteiger partial charge in [0.1, 0.15) is 41.5 Å².